The van der Waals surface area contributed by atoms with Gasteiger partial charge in [0.05, 0.1) is 12.2 Å². The Morgan fingerprint density at radius 2 is 1.77 bits per heavy atom. The number of amides is 1. The van der Waals surface area contributed by atoms with Gasteiger partial charge in [-0.05, 0) is 69.9 Å². The Morgan fingerprint density at radius 1 is 1.14 bits per heavy atom. The molecule has 0 radical (unpaired) electrons. The van der Waals surface area contributed by atoms with Gasteiger partial charge in [0.2, 0.25) is 0 Å². The van der Waals surface area contributed by atoms with Gasteiger partial charge < -0.3 is 30.0 Å². The molecule has 0 aliphatic carbocycles. The van der Waals surface area contributed by atoms with Crippen molar-refractivity contribution in [1.29, 1.82) is 0 Å². The third-order valence-corrected chi connectivity index (χ3v) is 9.06. The zero-order valence-corrected chi connectivity index (χ0v) is 28.1. The van der Waals surface area contributed by atoms with Crippen molar-refractivity contribution in [2.75, 3.05) is 6.54 Å². The van der Waals surface area contributed by atoms with Gasteiger partial charge in [-0.25, -0.2) is 4.79 Å². The van der Waals surface area contributed by atoms with Gasteiger partial charge in [0.15, 0.2) is 24.0 Å². The van der Waals surface area contributed by atoms with E-state index in [2.05, 4.69) is 19.2 Å². The first-order valence-corrected chi connectivity index (χ1v) is 15.9. The molecule has 2 heterocycles. The highest BCUT2D eigenvalue weighted by atomic mass is 16.7. The van der Waals surface area contributed by atoms with E-state index < -0.39 is 59.8 Å². The number of ether oxygens (including phenoxy) is 4. The number of hydrogen-bond donors (Lipinski definition) is 2. The smallest absolute Gasteiger partial charge is 0.407 e. The first-order valence-electron chi connectivity index (χ1n) is 15.9. The summed E-state index contributed by atoms with van der Waals surface area (Å²) in [7, 11) is 0. The molecule has 43 heavy (non-hydrogen) atoms. The van der Waals surface area contributed by atoms with Crippen LogP contribution in [-0.4, -0.2) is 66.9 Å². The number of esters is 1. The minimum atomic E-state index is -1.09. The third-order valence-electron chi connectivity index (χ3n) is 9.06. The fourth-order valence-electron chi connectivity index (χ4n) is 6.33. The van der Waals surface area contributed by atoms with E-state index in [1.165, 1.54) is 13.0 Å². The average molecular weight is 609 g/mol. The molecule has 1 saturated heterocycles. The molecule has 0 aromatic heterocycles. The van der Waals surface area contributed by atoms with Crippen molar-refractivity contribution < 1.29 is 38.1 Å². The zero-order valence-electron chi connectivity index (χ0n) is 28.1. The minimum Gasteiger partial charge on any atom is -0.458 e. The van der Waals surface area contributed by atoms with E-state index in [0.29, 0.717) is 17.9 Å². The van der Waals surface area contributed by atoms with Crippen molar-refractivity contribution in [3.05, 3.63) is 11.6 Å². The summed E-state index contributed by atoms with van der Waals surface area (Å²) in [6.45, 7) is 20.8. The SMILES string of the molecule is CC[C@H]1OC(=O)[C@H](C)C(=O)[C@H](C)[C@@H](OC2O[C@H](C)C[C@H](C)[C@H]2C)C(C)(C)C[C@@H](C)C(=O)C(C)=C[C@@H]1OC(=O)NC[C@H](C)N. The van der Waals surface area contributed by atoms with E-state index >= 15 is 0 Å². The summed E-state index contributed by atoms with van der Waals surface area (Å²) in [5.41, 5.74) is 5.49. The Bertz CT molecular complexity index is 1020. The number of rotatable bonds is 6. The number of nitrogens with one attached hydrogen (secondary N) is 1. The van der Waals surface area contributed by atoms with Gasteiger partial charge in [-0.15, -0.1) is 0 Å². The monoisotopic (exact) mass is 608 g/mol. The largest absolute Gasteiger partial charge is 0.458 e. The van der Waals surface area contributed by atoms with E-state index in [4.69, 9.17) is 24.7 Å². The molecule has 1 unspecified atom stereocenters. The van der Waals surface area contributed by atoms with Crippen LogP contribution in [0.1, 0.15) is 95.4 Å². The van der Waals surface area contributed by atoms with Crippen molar-refractivity contribution in [2.24, 2.45) is 40.7 Å². The molecule has 1 amide bonds. The molecule has 0 spiro atoms. The maximum atomic E-state index is 13.9. The fourth-order valence-corrected chi connectivity index (χ4v) is 6.33. The number of Topliss-reactive ketones (excluding diaryl/α,β-unsaturated/α-hetero) is 2. The lowest BCUT2D eigenvalue weighted by Gasteiger charge is -2.45. The summed E-state index contributed by atoms with van der Waals surface area (Å²) in [6, 6.07) is -0.291. The summed E-state index contributed by atoms with van der Waals surface area (Å²) in [5.74, 6) is -2.93. The highest BCUT2D eigenvalue weighted by molar-refractivity contribution is 6.00. The lowest BCUT2D eigenvalue weighted by molar-refractivity contribution is -0.267. The molecule has 0 aromatic rings. The molecule has 0 bridgehead atoms. The molecule has 2 aliphatic rings. The van der Waals surface area contributed by atoms with Crippen molar-refractivity contribution in [1.82, 2.24) is 5.32 Å². The molecular formula is C33H56N2O8. The van der Waals surface area contributed by atoms with Crippen LogP contribution < -0.4 is 11.1 Å². The normalized spacial score (nSPS) is 37.0. The fraction of sp³-hybridized carbons (Fsp3) is 0.818. The zero-order chi connectivity index (χ0) is 32.8. The van der Waals surface area contributed by atoms with Crippen molar-refractivity contribution in [2.45, 2.75) is 132 Å². The molecule has 3 N–H and O–H groups in total. The standard InChI is InChI=1S/C33H56N2O8/c1-12-25-26(42-32(39)35-16-20(5)34)14-18(3)27(36)19(4)15-33(10,11)29(23(8)28(37)24(9)30(38)41-25)43-31-22(7)17(2)13-21(6)40-31/h14,17,19-26,29,31H,12-13,15-16,34H2,1-11H3,(H,35,39)/t17-,19+,20-,21+,22+,23-,24+,25+,26-,29+,31?/m0/s1. The lowest BCUT2D eigenvalue weighted by atomic mass is 9.71. The van der Waals surface area contributed by atoms with Crippen LogP contribution in [0.5, 0.6) is 0 Å². The number of cyclic esters (lactones) is 1. The second-order valence-corrected chi connectivity index (χ2v) is 13.8. The van der Waals surface area contributed by atoms with Gasteiger partial charge in [0.25, 0.3) is 0 Å². The highest BCUT2D eigenvalue weighted by Crippen LogP contribution is 2.41. The van der Waals surface area contributed by atoms with E-state index in [-0.39, 0.29) is 42.6 Å². The molecule has 11 atom stereocenters. The van der Waals surface area contributed by atoms with E-state index in [1.54, 1.807) is 27.7 Å². The summed E-state index contributed by atoms with van der Waals surface area (Å²) in [4.78, 5) is 53.5. The predicted octanol–water partition coefficient (Wildman–Crippen LogP) is 4.97. The lowest BCUT2D eigenvalue weighted by Crippen LogP contribution is -2.50. The van der Waals surface area contributed by atoms with Gasteiger partial charge in [-0.2, -0.15) is 0 Å². The van der Waals surface area contributed by atoms with Gasteiger partial charge >= 0.3 is 12.1 Å². The third kappa shape index (κ3) is 9.85. The first kappa shape index (κ1) is 36.9. The van der Waals surface area contributed by atoms with E-state index in [0.717, 1.165) is 6.42 Å². The summed E-state index contributed by atoms with van der Waals surface area (Å²) < 4.78 is 24.3. The van der Waals surface area contributed by atoms with Crippen LogP contribution in [0, 0.1) is 35.0 Å². The number of alkyl carbamates (subject to hydrolysis) is 1. The van der Waals surface area contributed by atoms with Crippen LogP contribution >= 0.6 is 0 Å². The van der Waals surface area contributed by atoms with Crippen LogP contribution in [0.4, 0.5) is 4.79 Å². The van der Waals surface area contributed by atoms with Crippen LogP contribution in [-0.2, 0) is 33.3 Å². The number of ketones is 2. The Labute approximate surface area is 258 Å². The van der Waals surface area contributed by atoms with Gasteiger partial charge in [0.1, 0.15) is 12.0 Å². The molecular weight excluding hydrogens is 552 g/mol. The Balaban J connectivity index is 2.52. The Morgan fingerprint density at radius 3 is 2.35 bits per heavy atom. The van der Waals surface area contributed by atoms with Crippen LogP contribution in [0.3, 0.4) is 0 Å². The highest BCUT2D eigenvalue weighted by Gasteiger charge is 2.46. The number of hydrogen-bond acceptors (Lipinski definition) is 9. The van der Waals surface area contributed by atoms with Crippen molar-refractivity contribution in [3.8, 4) is 0 Å². The topological polar surface area (TPSA) is 143 Å². The molecule has 0 aromatic carbocycles. The average Bonchev–Trinajstić information content (AvgIpc) is 2.92. The quantitative estimate of drug-likeness (QED) is 0.316. The molecule has 246 valence electrons. The molecule has 0 saturated carbocycles. The number of allylic oxidation sites excluding steroid dienone is 1. The number of nitrogens with two attached hydrogens (primary N) is 1. The molecule has 10 heteroatoms. The summed E-state index contributed by atoms with van der Waals surface area (Å²) in [5, 5.41) is 2.58. The maximum absolute atomic E-state index is 13.9. The second kappa shape index (κ2) is 15.6. The van der Waals surface area contributed by atoms with Gasteiger partial charge in [-0.3, -0.25) is 14.4 Å². The van der Waals surface area contributed by atoms with Gasteiger partial charge in [0, 0.05) is 30.3 Å². The molecule has 2 aliphatic heterocycles. The first-order chi connectivity index (χ1) is 19.9. The van der Waals surface area contributed by atoms with E-state index in [1.807, 2.05) is 27.7 Å². The summed E-state index contributed by atoms with van der Waals surface area (Å²) in [6.07, 6.45) is -0.694. The molecule has 10 nitrogen and oxygen atoms in total. The van der Waals surface area contributed by atoms with Crippen LogP contribution in [0.25, 0.3) is 0 Å². The number of carbonyl (C=O) groups excluding carboxylic acids is 4. The predicted molar refractivity (Wildman–Crippen MR) is 164 cm³/mol. The van der Waals surface area contributed by atoms with E-state index in [9.17, 15) is 19.2 Å². The second-order valence-electron chi connectivity index (χ2n) is 13.8. The Hall–Kier alpha value is -2.30. The van der Waals surface area contributed by atoms with Crippen LogP contribution in [0.15, 0.2) is 11.6 Å². The summed E-state index contributed by atoms with van der Waals surface area (Å²) >= 11 is 0. The maximum Gasteiger partial charge on any atom is 0.407 e. The minimum absolute atomic E-state index is 0.00736. The number of carbonyl (C=O) groups is 4. The molecule has 2 rings (SSSR count). The van der Waals surface area contributed by atoms with Crippen LogP contribution in [0.2, 0.25) is 0 Å². The van der Waals surface area contributed by atoms with Gasteiger partial charge in [-0.1, -0.05) is 48.5 Å². The van der Waals surface area contributed by atoms with Crippen molar-refractivity contribution >= 4 is 23.6 Å². The molecule has 1 fully saturated rings. The Kier molecular flexibility index (Phi) is 13.4. The van der Waals surface area contributed by atoms with Crippen molar-refractivity contribution in [3.63, 3.8) is 0 Å².